The average molecular weight is 236 g/mol. The summed E-state index contributed by atoms with van der Waals surface area (Å²) in [5.41, 5.74) is 13.8. The number of hydrogen-bond acceptors (Lipinski definition) is 4. The first-order valence-electron chi connectivity index (χ1n) is 6.33. The molecule has 1 aromatic rings. The SMILES string of the molecule is CCN(CC)CCC(N)Cc1cnccc1N. The van der Waals surface area contributed by atoms with Gasteiger partial charge in [-0.2, -0.15) is 0 Å². The first-order chi connectivity index (χ1) is 8.17. The minimum absolute atomic E-state index is 0.155. The van der Waals surface area contributed by atoms with Crippen molar-refractivity contribution in [3.8, 4) is 0 Å². The van der Waals surface area contributed by atoms with E-state index in [-0.39, 0.29) is 6.04 Å². The van der Waals surface area contributed by atoms with Gasteiger partial charge in [0.25, 0.3) is 0 Å². The van der Waals surface area contributed by atoms with Crippen molar-refractivity contribution in [1.82, 2.24) is 9.88 Å². The van der Waals surface area contributed by atoms with E-state index in [1.807, 2.05) is 12.3 Å². The third-order valence-electron chi connectivity index (χ3n) is 3.13. The van der Waals surface area contributed by atoms with Gasteiger partial charge in [-0.15, -0.1) is 0 Å². The first-order valence-corrected chi connectivity index (χ1v) is 6.33. The predicted molar refractivity (Wildman–Crippen MR) is 72.7 cm³/mol. The minimum Gasteiger partial charge on any atom is -0.398 e. The van der Waals surface area contributed by atoms with Crippen LogP contribution in [0.4, 0.5) is 5.69 Å². The fourth-order valence-electron chi connectivity index (χ4n) is 1.88. The highest BCUT2D eigenvalue weighted by Gasteiger charge is 2.08. The maximum absolute atomic E-state index is 6.12. The third kappa shape index (κ3) is 4.71. The molecule has 4 nitrogen and oxygen atoms in total. The Balaban J connectivity index is 2.39. The molecule has 0 aliphatic rings. The van der Waals surface area contributed by atoms with Crippen LogP contribution < -0.4 is 11.5 Å². The number of anilines is 1. The van der Waals surface area contributed by atoms with Gasteiger partial charge in [0.2, 0.25) is 0 Å². The summed E-state index contributed by atoms with van der Waals surface area (Å²) >= 11 is 0. The number of nitrogens with zero attached hydrogens (tertiary/aromatic N) is 2. The molecule has 0 bridgehead atoms. The molecule has 17 heavy (non-hydrogen) atoms. The van der Waals surface area contributed by atoms with Crippen LogP contribution in [-0.4, -0.2) is 35.6 Å². The molecular weight excluding hydrogens is 212 g/mol. The molecule has 1 aromatic heterocycles. The van der Waals surface area contributed by atoms with Gasteiger partial charge in [0.1, 0.15) is 0 Å². The lowest BCUT2D eigenvalue weighted by molar-refractivity contribution is 0.290. The van der Waals surface area contributed by atoms with Crippen molar-refractivity contribution in [2.75, 3.05) is 25.4 Å². The van der Waals surface area contributed by atoms with Gasteiger partial charge in [0.05, 0.1) is 0 Å². The molecule has 0 spiro atoms. The molecular formula is C13H24N4. The summed E-state index contributed by atoms with van der Waals surface area (Å²) in [5, 5.41) is 0. The highest BCUT2D eigenvalue weighted by atomic mass is 15.1. The highest BCUT2D eigenvalue weighted by molar-refractivity contribution is 5.44. The molecule has 0 saturated heterocycles. The summed E-state index contributed by atoms with van der Waals surface area (Å²) in [6, 6.07) is 1.98. The van der Waals surface area contributed by atoms with Gasteiger partial charge in [-0.25, -0.2) is 0 Å². The van der Waals surface area contributed by atoms with Gasteiger partial charge < -0.3 is 16.4 Å². The Kier molecular flexibility index (Phi) is 5.94. The summed E-state index contributed by atoms with van der Waals surface area (Å²) in [7, 11) is 0. The molecule has 1 atom stereocenters. The molecule has 4 heteroatoms. The molecule has 0 saturated carbocycles. The van der Waals surface area contributed by atoms with Crippen molar-refractivity contribution in [1.29, 1.82) is 0 Å². The van der Waals surface area contributed by atoms with Crippen LogP contribution in [0.5, 0.6) is 0 Å². The number of aromatic nitrogens is 1. The van der Waals surface area contributed by atoms with Crippen LogP contribution in [0.2, 0.25) is 0 Å². The van der Waals surface area contributed by atoms with E-state index in [2.05, 4.69) is 23.7 Å². The normalized spacial score (nSPS) is 12.9. The number of nitrogens with two attached hydrogens (primary N) is 2. The monoisotopic (exact) mass is 236 g/mol. The van der Waals surface area contributed by atoms with Crippen LogP contribution in [-0.2, 0) is 6.42 Å². The van der Waals surface area contributed by atoms with Crippen LogP contribution in [0.1, 0.15) is 25.8 Å². The topological polar surface area (TPSA) is 68.2 Å². The number of hydrogen-bond donors (Lipinski definition) is 2. The van der Waals surface area contributed by atoms with E-state index in [4.69, 9.17) is 11.5 Å². The van der Waals surface area contributed by atoms with Crippen molar-refractivity contribution >= 4 is 5.69 Å². The largest absolute Gasteiger partial charge is 0.398 e. The Morgan fingerprint density at radius 2 is 2.06 bits per heavy atom. The maximum Gasteiger partial charge on any atom is 0.0378 e. The number of nitrogen functional groups attached to an aromatic ring is 1. The number of pyridine rings is 1. The third-order valence-corrected chi connectivity index (χ3v) is 3.13. The van der Waals surface area contributed by atoms with Gasteiger partial charge >= 0.3 is 0 Å². The zero-order valence-corrected chi connectivity index (χ0v) is 10.9. The van der Waals surface area contributed by atoms with Gasteiger partial charge in [0.15, 0.2) is 0 Å². The van der Waals surface area contributed by atoms with E-state index >= 15 is 0 Å². The Morgan fingerprint density at radius 3 is 2.65 bits per heavy atom. The molecule has 0 fully saturated rings. The van der Waals surface area contributed by atoms with E-state index in [0.29, 0.717) is 0 Å². The molecule has 0 radical (unpaired) electrons. The van der Waals surface area contributed by atoms with Gasteiger partial charge in [-0.1, -0.05) is 13.8 Å². The van der Waals surface area contributed by atoms with Crippen molar-refractivity contribution in [3.05, 3.63) is 24.0 Å². The Morgan fingerprint density at radius 1 is 1.35 bits per heavy atom. The second-order valence-electron chi connectivity index (χ2n) is 4.35. The van der Waals surface area contributed by atoms with Crippen LogP contribution in [0.15, 0.2) is 18.5 Å². The van der Waals surface area contributed by atoms with Gasteiger partial charge in [-0.3, -0.25) is 4.98 Å². The summed E-state index contributed by atoms with van der Waals surface area (Å²) < 4.78 is 0. The molecule has 1 heterocycles. The fraction of sp³-hybridized carbons (Fsp3) is 0.615. The van der Waals surface area contributed by atoms with Gasteiger partial charge in [0, 0.05) is 24.1 Å². The van der Waals surface area contributed by atoms with E-state index in [1.165, 1.54) is 0 Å². The minimum atomic E-state index is 0.155. The summed E-state index contributed by atoms with van der Waals surface area (Å²) in [4.78, 5) is 6.46. The van der Waals surface area contributed by atoms with E-state index in [9.17, 15) is 0 Å². The smallest absolute Gasteiger partial charge is 0.0378 e. The molecule has 96 valence electrons. The van der Waals surface area contributed by atoms with Crippen molar-refractivity contribution < 1.29 is 0 Å². The lowest BCUT2D eigenvalue weighted by Crippen LogP contribution is -2.31. The van der Waals surface area contributed by atoms with Crippen molar-refractivity contribution in [3.63, 3.8) is 0 Å². The van der Waals surface area contributed by atoms with Crippen molar-refractivity contribution in [2.24, 2.45) is 5.73 Å². The second kappa shape index (κ2) is 7.25. The van der Waals surface area contributed by atoms with Crippen molar-refractivity contribution in [2.45, 2.75) is 32.7 Å². The van der Waals surface area contributed by atoms with Crippen LogP contribution in [0.3, 0.4) is 0 Å². The predicted octanol–water partition coefficient (Wildman–Crippen LogP) is 1.27. The Hall–Kier alpha value is -1.13. The Labute approximate surface area is 104 Å². The summed E-state index contributed by atoms with van der Waals surface area (Å²) in [5.74, 6) is 0. The summed E-state index contributed by atoms with van der Waals surface area (Å²) in [6.07, 6.45) is 5.32. The van der Waals surface area contributed by atoms with Gasteiger partial charge in [-0.05, 0) is 44.1 Å². The van der Waals surface area contributed by atoms with E-state index in [1.54, 1.807) is 6.20 Å². The molecule has 4 N–H and O–H groups in total. The Bertz CT molecular complexity index is 323. The fourth-order valence-corrected chi connectivity index (χ4v) is 1.88. The standard InChI is InChI=1S/C13H24N4/c1-3-17(4-2)8-6-12(14)9-11-10-16-7-5-13(11)15/h5,7,10,12H,3-4,6,8-9,14H2,1-2H3,(H2,15,16). The van der Waals surface area contributed by atoms with E-state index in [0.717, 1.165) is 43.7 Å². The number of rotatable bonds is 7. The highest BCUT2D eigenvalue weighted by Crippen LogP contribution is 2.11. The molecule has 0 amide bonds. The first kappa shape index (κ1) is 13.9. The quantitative estimate of drug-likeness (QED) is 0.748. The van der Waals surface area contributed by atoms with Crippen LogP contribution >= 0.6 is 0 Å². The zero-order valence-electron chi connectivity index (χ0n) is 10.9. The van der Waals surface area contributed by atoms with Crippen LogP contribution in [0, 0.1) is 0 Å². The summed E-state index contributed by atoms with van der Waals surface area (Å²) in [6.45, 7) is 7.56. The molecule has 1 unspecified atom stereocenters. The molecule has 1 rings (SSSR count). The van der Waals surface area contributed by atoms with E-state index < -0.39 is 0 Å². The van der Waals surface area contributed by atoms with Crippen LogP contribution in [0.25, 0.3) is 0 Å². The molecule has 0 aliphatic carbocycles. The second-order valence-corrected chi connectivity index (χ2v) is 4.35. The lowest BCUT2D eigenvalue weighted by Gasteiger charge is -2.20. The molecule has 0 aromatic carbocycles. The zero-order chi connectivity index (χ0) is 12.7. The molecule has 0 aliphatic heterocycles. The lowest BCUT2D eigenvalue weighted by atomic mass is 10.0. The maximum atomic E-state index is 6.12. The average Bonchev–Trinajstić information content (AvgIpc) is 2.33.